The SMILES string of the molecule is O=S(=O)(Nc1ccccc1)c1cccc(CNC2CC2)c1. The lowest BCUT2D eigenvalue weighted by Crippen LogP contribution is -2.16. The van der Waals surface area contributed by atoms with Crippen LogP contribution in [0.25, 0.3) is 0 Å². The summed E-state index contributed by atoms with van der Waals surface area (Å²) in [4.78, 5) is 0.293. The van der Waals surface area contributed by atoms with Crippen molar-refractivity contribution < 1.29 is 8.42 Å². The van der Waals surface area contributed by atoms with Gasteiger partial charge < -0.3 is 5.32 Å². The maximum Gasteiger partial charge on any atom is 0.261 e. The maximum absolute atomic E-state index is 12.4. The van der Waals surface area contributed by atoms with Gasteiger partial charge in [0.1, 0.15) is 0 Å². The molecule has 1 saturated carbocycles. The van der Waals surface area contributed by atoms with Crippen LogP contribution in [0.4, 0.5) is 5.69 Å². The zero-order valence-electron chi connectivity index (χ0n) is 11.6. The predicted molar refractivity (Wildman–Crippen MR) is 83.6 cm³/mol. The van der Waals surface area contributed by atoms with Gasteiger partial charge in [-0.25, -0.2) is 8.42 Å². The number of sulfonamides is 1. The van der Waals surface area contributed by atoms with E-state index in [1.54, 1.807) is 42.5 Å². The van der Waals surface area contributed by atoms with Crippen molar-refractivity contribution in [3.05, 3.63) is 60.2 Å². The van der Waals surface area contributed by atoms with Crippen LogP contribution in [-0.4, -0.2) is 14.5 Å². The standard InChI is InChI=1S/C16H18N2O2S/c19-21(20,18-15-6-2-1-3-7-15)16-8-4-5-13(11-16)12-17-14-9-10-14/h1-8,11,14,17-18H,9-10,12H2. The molecule has 0 bridgehead atoms. The lowest BCUT2D eigenvalue weighted by atomic mass is 10.2. The van der Waals surface area contributed by atoms with E-state index >= 15 is 0 Å². The van der Waals surface area contributed by atoms with Gasteiger partial charge in [-0.15, -0.1) is 0 Å². The highest BCUT2D eigenvalue weighted by Crippen LogP contribution is 2.20. The topological polar surface area (TPSA) is 58.2 Å². The summed E-state index contributed by atoms with van der Waals surface area (Å²) in [6.45, 7) is 0.708. The number of hydrogen-bond donors (Lipinski definition) is 2. The summed E-state index contributed by atoms with van der Waals surface area (Å²) in [7, 11) is -3.54. The molecule has 1 aliphatic carbocycles. The highest BCUT2D eigenvalue weighted by molar-refractivity contribution is 7.92. The van der Waals surface area contributed by atoms with Crippen molar-refractivity contribution in [1.82, 2.24) is 5.32 Å². The van der Waals surface area contributed by atoms with Gasteiger partial charge in [0, 0.05) is 18.3 Å². The number of hydrogen-bond acceptors (Lipinski definition) is 3. The van der Waals surface area contributed by atoms with E-state index in [1.807, 2.05) is 12.1 Å². The average Bonchev–Trinajstić information content (AvgIpc) is 3.30. The molecule has 0 spiro atoms. The summed E-state index contributed by atoms with van der Waals surface area (Å²) in [6.07, 6.45) is 2.43. The predicted octanol–water partition coefficient (Wildman–Crippen LogP) is 2.74. The van der Waals surface area contributed by atoms with Crippen molar-refractivity contribution in [1.29, 1.82) is 0 Å². The molecule has 2 aromatic rings. The summed E-state index contributed by atoms with van der Waals surface area (Å²) < 4.78 is 27.3. The Labute approximate surface area is 125 Å². The Kier molecular flexibility index (Phi) is 3.94. The second kappa shape index (κ2) is 5.87. The molecule has 0 aromatic heterocycles. The summed E-state index contributed by atoms with van der Waals surface area (Å²) in [5.74, 6) is 0. The molecular formula is C16H18N2O2S. The molecule has 0 atom stereocenters. The van der Waals surface area contributed by atoms with Gasteiger partial charge >= 0.3 is 0 Å². The first kappa shape index (κ1) is 14.1. The highest BCUT2D eigenvalue weighted by Gasteiger charge is 2.20. The molecule has 0 heterocycles. The molecule has 0 saturated heterocycles. The van der Waals surface area contributed by atoms with Crippen molar-refractivity contribution in [2.75, 3.05) is 4.72 Å². The minimum absolute atomic E-state index is 0.293. The Bertz CT molecular complexity index is 710. The van der Waals surface area contributed by atoms with Gasteiger partial charge in [0.15, 0.2) is 0 Å². The molecule has 110 valence electrons. The molecule has 0 amide bonds. The lowest BCUT2D eigenvalue weighted by molar-refractivity contribution is 0.601. The van der Waals surface area contributed by atoms with Gasteiger partial charge in [-0.05, 0) is 42.7 Å². The third kappa shape index (κ3) is 3.83. The quantitative estimate of drug-likeness (QED) is 0.862. The Balaban J connectivity index is 1.76. The first-order chi connectivity index (χ1) is 10.1. The van der Waals surface area contributed by atoms with Crippen LogP contribution >= 0.6 is 0 Å². The summed E-state index contributed by atoms with van der Waals surface area (Å²) in [5, 5.41) is 3.39. The minimum Gasteiger partial charge on any atom is -0.310 e. The van der Waals surface area contributed by atoms with E-state index in [4.69, 9.17) is 0 Å². The molecule has 0 unspecified atom stereocenters. The molecule has 4 nitrogen and oxygen atoms in total. The van der Waals surface area contributed by atoms with E-state index in [0.717, 1.165) is 5.56 Å². The van der Waals surface area contributed by atoms with Crippen LogP contribution in [0.1, 0.15) is 18.4 Å². The van der Waals surface area contributed by atoms with Crippen molar-refractivity contribution in [2.45, 2.75) is 30.3 Å². The minimum atomic E-state index is -3.54. The van der Waals surface area contributed by atoms with Gasteiger partial charge in [0.25, 0.3) is 10.0 Å². The van der Waals surface area contributed by atoms with Crippen LogP contribution in [-0.2, 0) is 16.6 Å². The van der Waals surface area contributed by atoms with Crippen LogP contribution in [0.3, 0.4) is 0 Å². The Morgan fingerprint density at radius 3 is 2.48 bits per heavy atom. The second-order valence-electron chi connectivity index (χ2n) is 5.27. The highest BCUT2D eigenvalue weighted by atomic mass is 32.2. The van der Waals surface area contributed by atoms with Gasteiger partial charge in [-0.3, -0.25) is 4.72 Å². The monoisotopic (exact) mass is 302 g/mol. The number of anilines is 1. The lowest BCUT2D eigenvalue weighted by Gasteiger charge is -2.09. The van der Waals surface area contributed by atoms with Gasteiger partial charge in [0.2, 0.25) is 0 Å². The Hall–Kier alpha value is -1.85. The van der Waals surface area contributed by atoms with Crippen molar-refractivity contribution in [2.24, 2.45) is 0 Å². The molecule has 0 radical (unpaired) electrons. The summed E-state index contributed by atoms with van der Waals surface area (Å²) in [5.41, 5.74) is 1.55. The third-order valence-electron chi connectivity index (χ3n) is 3.41. The summed E-state index contributed by atoms with van der Waals surface area (Å²) in [6, 6.07) is 16.6. The smallest absolute Gasteiger partial charge is 0.261 e. The molecule has 1 fully saturated rings. The van der Waals surface area contributed by atoms with E-state index in [1.165, 1.54) is 12.8 Å². The van der Waals surface area contributed by atoms with Crippen molar-refractivity contribution >= 4 is 15.7 Å². The van der Waals surface area contributed by atoms with E-state index in [0.29, 0.717) is 23.2 Å². The molecule has 0 aliphatic heterocycles. The third-order valence-corrected chi connectivity index (χ3v) is 4.79. The number of para-hydroxylation sites is 1. The first-order valence-electron chi connectivity index (χ1n) is 7.04. The Morgan fingerprint density at radius 2 is 1.76 bits per heavy atom. The van der Waals surface area contributed by atoms with Crippen molar-refractivity contribution in [3.63, 3.8) is 0 Å². The van der Waals surface area contributed by atoms with Crippen molar-refractivity contribution in [3.8, 4) is 0 Å². The first-order valence-corrected chi connectivity index (χ1v) is 8.52. The number of nitrogens with one attached hydrogen (secondary N) is 2. The molecular weight excluding hydrogens is 284 g/mol. The largest absolute Gasteiger partial charge is 0.310 e. The number of benzene rings is 2. The second-order valence-corrected chi connectivity index (χ2v) is 6.96. The molecule has 3 rings (SSSR count). The fourth-order valence-electron chi connectivity index (χ4n) is 2.09. The van der Waals surface area contributed by atoms with E-state index in [9.17, 15) is 8.42 Å². The molecule has 5 heteroatoms. The van der Waals surface area contributed by atoms with Crippen LogP contribution in [0, 0.1) is 0 Å². The van der Waals surface area contributed by atoms with Crippen LogP contribution in [0.5, 0.6) is 0 Å². The molecule has 1 aliphatic rings. The average molecular weight is 302 g/mol. The molecule has 2 N–H and O–H groups in total. The van der Waals surface area contributed by atoms with Crippen LogP contribution < -0.4 is 10.0 Å². The zero-order valence-corrected chi connectivity index (χ0v) is 12.4. The van der Waals surface area contributed by atoms with E-state index in [-0.39, 0.29) is 0 Å². The fourth-order valence-corrected chi connectivity index (χ4v) is 3.22. The zero-order chi connectivity index (χ0) is 14.7. The van der Waals surface area contributed by atoms with Crippen LogP contribution in [0.15, 0.2) is 59.5 Å². The maximum atomic E-state index is 12.4. The van der Waals surface area contributed by atoms with E-state index < -0.39 is 10.0 Å². The van der Waals surface area contributed by atoms with Gasteiger partial charge in [-0.1, -0.05) is 30.3 Å². The Morgan fingerprint density at radius 1 is 1.00 bits per heavy atom. The summed E-state index contributed by atoms with van der Waals surface area (Å²) >= 11 is 0. The van der Waals surface area contributed by atoms with Crippen LogP contribution in [0.2, 0.25) is 0 Å². The normalized spacial score (nSPS) is 14.9. The fraction of sp³-hybridized carbons (Fsp3) is 0.250. The molecule has 2 aromatic carbocycles. The molecule has 21 heavy (non-hydrogen) atoms. The van der Waals surface area contributed by atoms with Gasteiger partial charge in [0.05, 0.1) is 4.90 Å². The van der Waals surface area contributed by atoms with Gasteiger partial charge in [-0.2, -0.15) is 0 Å². The van der Waals surface area contributed by atoms with E-state index in [2.05, 4.69) is 10.0 Å². The number of rotatable bonds is 6.